The van der Waals surface area contributed by atoms with Crippen LogP contribution in [-0.2, 0) is 15.9 Å². The van der Waals surface area contributed by atoms with Crippen LogP contribution in [0.5, 0.6) is 5.75 Å². The van der Waals surface area contributed by atoms with Crippen molar-refractivity contribution >= 4 is 5.96 Å². The lowest BCUT2D eigenvalue weighted by Gasteiger charge is -2.21. The average Bonchev–Trinajstić information content (AvgIpc) is 3.14. The predicted octanol–water partition coefficient (Wildman–Crippen LogP) is 2.19. The van der Waals surface area contributed by atoms with Crippen molar-refractivity contribution in [1.82, 2.24) is 10.2 Å². The zero-order chi connectivity index (χ0) is 18.6. The molecular formula is C20H33N3O3. The number of ether oxygens (including phenoxy) is 3. The van der Waals surface area contributed by atoms with Crippen molar-refractivity contribution in [3.63, 3.8) is 0 Å². The Balaban J connectivity index is 1.84. The molecule has 0 saturated carbocycles. The van der Waals surface area contributed by atoms with E-state index in [0.717, 1.165) is 57.3 Å². The van der Waals surface area contributed by atoms with Crippen LogP contribution < -0.4 is 10.1 Å². The van der Waals surface area contributed by atoms with Gasteiger partial charge in [0.05, 0.1) is 26.9 Å². The lowest BCUT2D eigenvalue weighted by Crippen LogP contribution is -2.40. The summed E-state index contributed by atoms with van der Waals surface area (Å²) in [6.07, 6.45) is 2.01. The van der Waals surface area contributed by atoms with Crippen LogP contribution >= 0.6 is 0 Å². The van der Waals surface area contributed by atoms with E-state index in [0.29, 0.717) is 19.1 Å². The second kappa shape index (κ2) is 11.8. The van der Waals surface area contributed by atoms with Crippen molar-refractivity contribution in [3.05, 3.63) is 29.8 Å². The van der Waals surface area contributed by atoms with Gasteiger partial charge < -0.3 is 24.4 Å². The number of guanidine groups is 1. The van der Waals surface area contributed by atoms with Gasteiger partial charge in [-0.05, 0) is 31.4 Å². The van der Waals surface area contributed by atoms with Crippen molar-refractivity contribution in [2.24, 2.45) is 10.9 Å². The molecule has 1 heterocycles. The van der Waals surface area contributed by atoms with Crippen molar-refractivity contribution < 1.29 is 14.2 Å². The normalized spacial score (nSPS) is 17.6. The molecule has 6 nitrogen and oxygen atoms in total. The molecule has 1 aliphatic rings. The molecule has 1 unspecified atom stereocenters. The number of benzene rings is 1. The Kier molecular flexibility index (Phi) is 9.28. The van der Waals surface area contributed by atoms with E-state index < -0.39 is 0 Å². The lowest BCUT2D eigenvalue weighted by atomic mass is 10.1. The van der Waals surface area contributed by atoms with Crippen LogP contribution in [0.2, 0.25) is 0 Å². The van der Waals surface area contributed by atoms with E-state index in [1.54, 1.807) is 14.2 Å². The molecule has 146 valence electrons. The molecule has 2 rings (SSSR count). The molecule has 0 spiro atoms. The first-order valence-electron chi connectivity index (χ1n) is 9.50. The van der Waals surface area contributed by atoms with E-state index >= 15 is 0 Å². The minimum Gasteiger partial charge on any atom is -0.496 e. The minimum atomic E-state index is 0.560. The third kappa shape index (κ3) is 6.50. The average molecular weight is 364 g/mol. The largest absolute Gasteiger partial charge is 0.496 e. The van der Waals surface area contributed by atoms with Crippen molar-refractivity contribution in [2.45, 2.75) is 19.8 Å². The van der Waals surface area contributed by atoms with Gasteiger partial charge in [-0.2, -0.15) is 0 Å². The van der Waals surface area contributed by atoms with Crippen LogP contribution in [0.15, 0.2) is 29.3 Å². The number of aliphatic imine (C=N–C) groups is 1. The summed E-state index contributed by atoms with van der Waals surface area (Å²) in [5, 5.41) is 3.42. The fourth-order valence-electron chi connectivity index (χ4n) is 3.17. The molecule has 0 amide bonds. The first-order chi connectivity index (χ1) is 12.8. The second-order valence-electron chi connectivity index (χ2n) is 6.47. The Labute approximate surface area is 157 Å². The summed E-state index contributed by atoms with van der Waals surface area (Å²) in [6, 6.07) is 8.14. The van der Waals surface area contributed by atoms with Crippen molar-refractivity contribution in [3.8, 4) is 5.75 Å². The van der Waals surface area contributed by atoms with Gasteiger partial charge in [-0.3, -0.25) is 4.99 Å². The van der Waals surface area contributed by atoms with Crippen LogP contribution in [-0.4, -0.2) is 71.1 Å². The standard InChI is InChI=1S/C20H33N3O3/c1-4-21-20(22-11-9-18-7-5-6-8-19(18)25-3)23-12-10-17(15-23)16-26-14-13-24-2/h5-8,17H,4,9-16H2,1-3H3,(H,21,22). The zero-order valence-corrected chi connectivity index (χ0v) is 16.4. The maximum Gasteiger partial charge on any atom is 0.193 e. The minimum absolute atomic E-state index is 0.560. The van der Waals surface area contributed by atoms with Crippen LogP contribution in [0.1, 0.15) is 18.9 Å². The van der Waals surface area contributed by atoms with E-state index in [2.05, 4.69) is 23.2 Å². The highest BCUT2D eigenvalue weighted by molar-refractivity contribution is 5.80. The van der Waals surface area contributed by atoms with Gasteiger partial charge in [0, 0.05) is 39.2 Å². The highest BCUT2D eigenvalue weighted by Crippen LogP contribution is 2.19. The van der Waals surface area contributed by atoms with Gasteiger partial charge in [-0.25, -0.2) is 0 Å². The summed E-state index contributed by atoms with van der Waals surface area (Å²) in [4.78, 5) is 7.17. The molecule has 1 atom stereocenters. The number of nitrogens with zero attached hydrogens (tertiary/aromatic N) is 2. The number of hydrogen-bond acceptors (Lipinski definition) is 4. The van der Waals surface area contributed by atoms with E-state index in [1.807, 2.05) is 18.2 Å². The van der Waals surface area contributed by atoms with Gasteiger partial charge in [-0.1, -0.05) is 18.2 Å². The molecule has 0 aromatic heterocycles. The molecule has 1 aromatic carbocycles. The summed E-state index contributed by atoms with van der Waals surface area (Å²) in [5.74, 6) is 2.49. The predicted molar refractivity (Wildman–Crippen MR) is 105 cm³/mol. The molecule has 1 N–H and O–H groups in total. The highest BCUT2D eigenvalue weighted by Gasteiger charge is 2.24. The van der Waals surface area contributed by atoms with Crippen molar-refractivity contribution in [2.75, 3.05) is 60.2 Å². The Hall–Kier alpha value is -1.79. The van der Waals surface area contributed by atoms with Crippen LogP contribution in [0.25, 0.3) is 0 Å². The number of methoxy groups -OCH3 is 2. The number of rotatable bonds is 10. The van der Waals surface area contributed by atoms with Gasteiger partial charge >= 0.3 is 0 Å². The molecule has 1 aliphatic heterocycles. The SMILES string of the molecule is CCNC(=NCCc1ccccc1OC)N1CCC(COCCOC)C1. The molecule has 1 aromatic rings. The van der Waals surface area contributed by atoms with Crippen molar-refractivity contribution in [1.29, 1.82) is 0 Å². The van der Waals surface area contributed by atoms with E-state index in [9.17, 15) is 0 Å². The Morgan fingerprint density at radius 3 is 2.88 bits per heavy atom. The quantitative estimate of drug-likeness (QED) is 0.392. The van der Waals surface area contributed by atoms with Gasteiger partial charge in [0.1, 0.15) is 5.75 Å². The number of nitrogens with one attached hydrogen (secondary N) is 1. The fraction of sp³-hybridized carbons (Fsp3) is 0.650. The molecule has 26 heavy (non-hydrogen) atoms. The first-order valence-corrected chi connectivity index (χ1v) is 9.50. The molecular weight excluding hydrogens is 330 g/mol. The van der Waals surface area contributed by atoms with Gasteiger partial charge in [-0.15, -0.1) is 0 Å². The van der Waals surface area contributed by atoms with Crippen LogP contribution in [0.4, 0.5) is 0 Å². The molecule has 1 fully saturated rings. The molecule has 0 aliphatic carbocycles. The topological polar surface area (TPSA) is 55.3 Å². The second-order valence-corrected chi connectivity index (χ2v) is 6.47. The Bertz CT molecular complexity index is 551. The summed E-state index contributed by atoms with van der Waals surface area (Å²) < 4.78 is 16.1. The molecule has 6 heteroatoms. The van der Waals surface area contributed by atoms with Crippen LogP contribution in [0.3, 0.4) is 0 Å². The fourth-order valence-corrected chi connectivity index (χ4v) is 3.17. The molecule has 0 bridgehead atoms. The zero-order valence-electron chi connectivity index (χ0n) is 16.4. The summed E-state index contributed by atoms with van der Waals surface area (Å²) in [5.41, 5.74) is 1.19. The number of likely N-dealkylation sites (tertiary alicyclic amines) is 1. The van der Waals surface area contributed by atoms with E-state index in [1.165, 1.54) is 5.56 Å². The van der Waals surface area contributed by atoms with Gasteiger partial charge in [0.2, 0.25) is 0 Å². The van der Waals surface area contributed by atoms with Gasteiger partial charge in [0.15, 0.2) is 5.96 Å². The summed E-state index contributed by atoms with van der Waals surface area (Å²) >= 11 is 0. The van der Waals surface area contributed by atoms with Gasteiger partial charge in [0.25, 0.3) is 0 Å². The Morgan fingerprint density at radius 1 is 1.27 bits per heavy atom. The maximum atomic E-state index is 5.68. The maximum absolute atomic E-state index is 5.68. The molecule has 0 radical (unpaired) electrons. The highest BCUT2D eigenvalue weighted by atomic mass is 16.5. The monoisotopic (exact) mass is 363 g/mol. The third-order valence-electron chi connectivity index (χ3n) is 4.54. The molecule has 1 saturated heterocycles. The number of hydrogen-bond donors (Lipinski definition) is 1. The first kappa shape index (κ1) is 20.5. The Morgan fingerprint density at radius 2 is 2.12 bits per heavy atom. The third-order valence-corrected chi connectivity index (χ3v) is 4.54. The summed E-state index contributed by atoms with van der Waals surface area (Å²) in [7, 11) is 3.41. The number of para-hydroxylation sites is 1. The van der Waals surface area contributed by atoms with Crippen LogP contribution in [0, 0.1) is 5.92 Å². The van der Waals surface area contributed by atoms with E-state index in [-0.39, 0.29) is 0 Å². The smallest absolute Gasteiger partial charge is 0.193 e. The summed E-state index contributed by atoms with van der Waals surface area (Å²) in [6.45, 7) is 7.86. The lowest BCUT2D eigenvalue weighted by molar-refractivity contribution is 0.0536. The van der Waals surface area contributed by atoms with E-state index in [4.69, 9.17) is 19.2 Å².